The van der Waals surface area contributed by atoms with Gasteiger partial charge in [0.15, 0.2) is 0 Å². The third-order valence-corrected chi connectivity index (χ3v) is 5.98. The highest BCUT2D eigenvalue weighted by Gasteiger charge is 2.30. The molecule has 0 aromatic heterocycles. The fraction of sp³-hybridized carbons (Fsp3) is 0.304. The molecule has 1 saturated carbocycles. The maximum atomic E-state index is 10.2. The van der Waals surface area contributed by atoms with Crippen molar-refractivity contribution in [3.8, 4) is 0 Å². The average Bonchev–Trinajstić information content (AvgIpc) is 2.66. The van der Waals surface area contributed by atoms with Crippen LogP contribution in [0, 0.1) is 0 Å². The first kappa shape index (κ1) is 16.0. The predicted octanol–water partition coefficient (Wildman–Crippen LogP) is 3.95. The molecule has 1 fully saturated rings. The first-order valence-electron chi connectivity index (χ1n) is 9.47. The van der Waals surface area contributed by atoms with Gasteiger partial charge in [0.2, 0.25) is 0 Å². The van der Waals surface area contributed by atoms with Gasteiger partial charge in [0.1, 0.15) is 0 Å². The van der Waals surface area contributed by atoms with Gasteiger partial charge in [-0.1, -0.05) is 54.6 Å². The minimum Gasteiger partial charge on any atom is -0.391 e. The lowest BCUT2D eigenvalue weighted by atomic mass is 9.89. The molecular weight excluding hydrogens is 322 g/mol. The maximum absolute atomic E-state index is 10.2. The number of hydrogen-bond acceptors (Lipinski definition) is 3. The van der Waals surface area contributed by atoms with Gasteiger partial charge in [-0.2, -0.15) is 0 Å². The molecule has 1 unspecified atom stereocenters. The second-order valence-electron chi connectivity index (χ2n) is 7.55. The van der Waals surface area contributed by atoms with E-state index in [1.165, 1.54) is 37.9 Å². The zero-order valence-electron chi connectivity index (χ0n) is 14.7. The summed E-state index contributed by atoms with van der Waals surface area (Å²) in [6.45, 7) is 0.646. The Kier molecular flexibility index (Phi) is 3.82. The molecule has 1 aliphatic rings. The summed E-state index contributed by atoms with van der Waals surface area (Å²) in [5.41, 5.74) is 1.21. The zero-order valence-corrected chi connectivity index (χ0v) is 14.7. The van der Waals surface area contributed by atoms with Crippen molar-refractivity contribution in [3.63, 3.8) is 0 Å². The molecule has 0 aliphatic heterocycles. The maximum Gasteiger partial charge on any atom is 0.0718 e. The molecule has 1 aliphatic carbocycles. The summed E-state index contributed by atoms with van der Waals surface area (Å²) in [6, 6.07) is 19.3. The molecule has 0 saturated heterocycles. The Morgan fingerprint density at radius 3 is 2.12 bits per heavy atom. The molecule has 0 spiro atoms. The first-order chi connectivity index (χ1) is 12.7. The smallest absolute Gasteiger partial charge is 0.0718 e. The minimum absolute atomic E-state index is 0.248. The lowest BCUT2D eigenvalue weighted by Crippen LogP contribution is -2.50. The van der Waals surface area contributed by atoms with E-state index in [0.29, 0.717) is 6.54 Å². The van der Waals surface area contributed by atoms with E-state index >= 15 is 0 Å². The van der Waals surface area contributed by atoms with Crippen molar-refractivity contribution in [2.24, 2.45) is 0 Å². The number of nitrogens with one attached hydrogen (secondary N) is 1. The Balaban J connectivity index is 1.58. The number of aliphatic hydroxyl groups is 2. The van der Waals surface area contributed by atoms with E-state index in [0.717, 1.165) is 19.3 Å². The van der Waals surface area contributed by atoms with Crippen molar-refractivity contribution < 1.29 is 10.2 Å². The molecule has 3 heteroatoms. The quantitative estimate of drug-likeness (QED) is 0.493. The van der Waals surface area contributed by atoms with E-state index < -0.39 is 12.2 Å². The van der Waals surface area contributed by atoms with Crippen LogP contribution in [0.15, 0.2) is 54.6 Å². The van der Waals surface area contributed by atoms with Crippen molar-refractivity contribution >= 4 is 32.3 Å². The molecule has 132 valence electrons. The van der Waals surface area contributed by atoms with Crippen LogP contribution in [-0.4, -0.2) is 28.5 Å². The van der Waals surface area contributed by atoms with Crippen molar-refractivity contribution in [1.29, 1.82) is 0 Å². The van der Waals surface area contributed by atoms with Crippen LogP contribution in [0.1, 0.15) is 24.8 Å². The topological polar surface area (TPSA) is 52.5 Å². The van der Waals surface area contributed by atoms with Gasteiger partial charge < -0.3 is 15.5 Å². The Morgan fingerprint density at radius 1 is 0.769 bits per heavy atom. The zero-order chi connectivity index (χ0) is 17.7. The van der Waals surface area contributed by atoms with E-state index in [4.69, 9.17) is 0 Å². The summed E-state index contributed by atoms with van der Waals surface area (Å²) >= 11 is 0. The molecular formula is C23H23NO2. The molecule has 0 radical (unpaired) electrons. The van der Waals surface area contributed by atoms with Crippen LogP contribution >= 0.6 is 0 Å². The van der Waals surface area contributed by atoms with Gasteiger partial charge in [0.25, 0.3) is 0 Å². The summed E-state index contributed by atoms with van der Waals surface area (Å²) < 4.78 is 0. The Hall–Kier alpha value is -2.20. The second-order valence-corrected chi connectivity index (χ2v) is 7.55. The van der Waals surface area contributed by atoms with E-state index in [1.807, 2.05) is 0 Å². The van der Waals surface area contributed by atoms with Gasteiger partial charge in [-0.3, -0.25) is 0 Å². The average molecular weight is 345 g/mol. The second kappa shape index (κ2) is 6.20. The molecule has 5 rings (SSSR count). The van der Waals surface area contributed by atoms with Gasteiger partial charge in [-0.05, 0) is 57.1 Å². The summed E-state index contributed by atoms with van der Waals surface area (Å²) in [5.74, 6) is 0. The fourth-order valence-electron chi connectivity index (χ4n) is 4.60. The van der Waals surface area contributed by atoms with Crippen LogP contribution in [0.4, 0.5) is 0 Å². The fourth-order valence-corrected chi connectivity index (χ4v) is 4.60. The number of aliphatic hydroxyl groups excluding tert-OH is 2. The highest BCUT2D eigenvalue weighted by molar-refractivity contribution is 6.23. The molecule has 0 amide bonds. The van der Waals surface area contributed by atoms with E-state index in [9.17, 15) is 10.2 Å². The molecule has 3 nitrogen and oxygen atoms in total. The monoisotopic (exact) mass is 345 g/mol. The van der Waals surface area contributed by atoms with Crippen LogP contribution in [0.2, 0.25) is 0 Å². The summed E-state index contributed by atoms with van der Waals surface area (Å²) in [7, 11) is 0. The standard InChI is InChI=1S/C23H23NO2/c25-19-5-2-6-20(26)23(19)24-13-17-10-9-16-8-7-14-3-1-4-15-11-12-18(17)22(16)21(14)15/h1,3-4,7-12,19-20,23-26H,2,5-6,13H2/t19-,20+,23?. The number of benzene rings is 4. The third kappa shape index (κ3) is 2.47. The summed E-state index contributed by atoms with van der Waals surface area (Å²) in [4.78, 5) is 0. The summed E-state index contributed by atoms with van der Waals surface area (Å²) in [5, 5.41) is 31.5. The van der Waals surface area contributed by atoms with E-state index in [2.05, 4.69) is 59.9 Å². The molecule has 4 aromatic rings. The highest BCUT2D eigenvalue weighted by Crippen LogP contribution is 2.36. The summed E-state index contributed by atoms with van der Waals surface area (Å²) in [6.07, 6.45) is 1.46. The lowest BCUT2D eigenvalue weighted by molar-refractivity contribution is 0.000914. The van der Waals surface area contributed by atoms with Crippen molar-refractivity contribution in [3.05, 3.63) is 60.2 Å². The largest absolute Gasteiger partial charge is 0.391 e. The van der Waals surface area contributed by atoms with Gasteiger partial charge in [0, 0.05) is 6.54 Å². The van der Waals surface area contributed by atoms with E-state index in [1.54, 1.807) is 0 Å². The van der Waals surface area contributed by atoms with Crippen molar-refractivity contribution in [2.75, 3.05) is 0 Å². The number of rotatable bonds is 3. The van der Waals surface area contributed by atoms with Crippen LogP contribution in [0.5, 0.6) is 0 Å². The molecule has 0 bridgehead atoms. The van der Waals surface area contributed by atoms with Crippen LogP contribution < -0.4 is 5.32 Å². The predicted molar refractivity (Wildman–Crippen MR) is 107 cm³/mol. The van der Waals surface area contributed by atoms with Crippen LogP contribution in [-0.2, 0) is 6.54 Å². The van der Waals surface area contributed by atoms with E-state index in [-0.39, 0.29) is 6.04 Å². The molecule has 3 atom stereocenters. The van der Waals surface area contributed by atoms with Gasteiger partial charge in [-0.15, -0.1) is 0 Å². The molecule has 26 heavy (non-hydrogen) atoms. The Bertz CT molecular complexity index is 1050. The number of hydrogen-bond donors (Lipinski definition) is 3. The Morgan fingerprint density at radius 2 is 1.38 bits per heavy atom. The van der Waals surface area contributed by atoms with Crippen molar-refractivity contribution in [1.82, 2.24) is 5.32 Å². The third-order valence-electron chi connectivity index (χ3n) is 5.98. The highest BCUT2D eigenvalue weighted by atomic mass is 16.3. The molecule has 0 heterocycles. The Labute approximate surface area is 152 Å². The normalized spacial score (nSPS) is 24.0. The first-order valence-corrected chi connectivity index (χ1v) is 9.47. The van der Waals surface area contributed by atoms with Crippen LogP contribution in [0.3, 0.4) is 0 Å². The van der Waals surface area contributed by atoms with Crippen LogP contribution in [0.25, 0.3) is 32.3 Å². The minimum atomic E-state index is -0.474. The van der Waals surface area contributed by atoms with Gasteiger partial charge in [-0.25, -0.2) is 0 Å². The molecule has 3 N–H and O–H groups in total. The van der Waals surface area contributed by atoms with Gasteiger partial charge >= 0.3 is 0 Å². The van der Waals surface area contributed by atoms with Gasteiger partial charge in [0.05, 0.1) is 18.2 Å². The SMILES string of the molecule is O[C@@H]1CCC[C@H](O)C1NCc1ccc2ccc3cccc4ccc1c2c34. The lowest BCUT2D eigenvalue weighted by Gasteiger charge is -2.33. The van der Waals surface area contributed by atoms with Crippen molar-refractivity contribution in [2.45, 2.75) is 44.1 Å². The molecule has 4 aromatic carbocycles.